The predicted octanol–water partition coefficient (Wildman–Crippen LogP) is 8.03. The zero-order valence-electron chi connectivity index (χ0n) is 26.0. The van der Waals surface area contributed by atoms with Crippen molar-refractivity contribution in [3.05, 3.63) is 41.5 Å². The lowest BCUT2D eigenvalue weighted by Gasteiger charge is -2.36. The number of Topliss-reactive ketones (excluding diaryl/α,β-unsaturated/α-hetero) is 1. The molecule has 3 rings (SSSR count). The quantitative estimate of drug-likeness (QED) is 0.0705. The number of hydrogen-bond acceptors (Lipinski definition) is 5. The Bertz CT molecular complexity index is 1030. The van der Waals surface area contributed by atoms with Gasteiger partial charge in [0.05, 0.1) is 25.9 Å². The van der Waals surface area contributed by atoms with E-state index in [0.29, 0.717) is 19.4 Å². The van der Waals surface area contributed by atoms with Crippen LogP contribution in [-0.4, -0.2) is 46.1 Å². The number of methoxy groups -OCH3 is 1. The lowest BCUT2D eigenvalue weighted by Crippen LogP contribution is -2.40. The second kappa shape index (κ2) is 15.4. The van der Waals surface area contributed by atoms with Gasteiger partial charge in [-0.05, 0) is 67.6 Å². The highest BCUT2D eigenvalue weighted by Crippen LogP contribution is 2.39. The number of hydrogen-bond donors (Lipinski definition) is 0. The molecule has 0 N–H and O–H groups in total. The van der Waals surface area contributed by atoms with Crippen molar-refractivity contribution < 1.29 is 23.4 Å². The van der Waals surface area contributed by atoms with Crippen LogP contribution in [0.1, 0.15) is 91.0 Å². The Balaban J connectivity index is 1.54. The predicted molar refractivity (Wildman–Crippen MR) is 165 cm³/mol. The minimum atomic E-state index is -1.69. The van der Waals surface area contributed by atoms with Gasteiger partial charge in [-0.1, -0.05) is 52.7 Å². The zero-order valence-corrected chi connectivity index (χ0v) is 27.0. The number of rotatable bonds is 15. The highest BCUT2D eigenvalue weighted by Gasteiger charge is 2.43. The third-order valence-electron chi connectivity index (χ3n) is 8.65. The van der Waals surface area contributed by atoms with E-state index in [2.05, 4.69) is 58.7 Å². The van der Waals surface area contributed by atoms with Crippen molar-refractivity contribution in [3.8, 4) is 17.6 Å². The zero-order chi connectivity index (χ0) is 29.2. The Morgan fingerprint density at radius 3 is 2.50 bits per heavy atom. The molecule has 4 atom stereocenters. The number of unbranched alkanes of at least 4 members (excludes halogenated alkanes) is 4. The molecule has 0 unspecified atom stereocenters. The number of epoxide rings is 1. The van der Waals surface area contributed by atoms with Crippen molar-refractivity contribution in [2.45, 2.75) is 129 Å². The van der Waals surface area contributed by atoms with Crippen molar-refractivity contribution in [2.75, 3.05) is 13.7 Å². The molecule has 1 aromatic carbocycles. The molecule has 2 fully saturated rings. The average Bonchev–Trinajstić information content (AvgIpc) is 3.59. The maximum Gasteiger partial charge on any atom is 0.191 e. The topological polar surface area (TPSA) is 57.3 Å². The van der Waals surface area contributed by atoms with Crippen LogP contribution in [0, 0.1) is 17.8 Å². The van der Waals surface area contributed by atoms with E-state index in [9.17, 15) is 4.79 Å². The fraction of sp³-hybridized carbons (Fsp3) is 0.676. The van der Waals surface area contributed by atoms with Gasteiger partial charge in [-0.2, -0.15) is 0 Å². The first-order valence-corrected chi connectivity index (χ1v) is 18.2. The first kappa shape index (κ1) is 32.6. The number of ketones is 1. The van der Waals surface area contributed by atoms with E-state index < -0.39 is 8.32 Å². The first-order valence-electron chi connectivity index (χ1n) is 15.3. The molecule has 1 heterocycles. The lowest BCUT2D eigenvalue weighted by molar-refractivity contribution is -0.115. The molecule has 1 saturated heterocycles. The average molecular weight is 569 g/mol. The van der Waals surface area contributed by atoms with Gasteiger partial charge >= 0.3 is 0 Å². The number of carbonyl (C=O) groups is 1. The van der Waals surface area contributed by atoms with Gasteiger partial charge in [0, 0.05) is 37.4 Å². The van der Waals surface area contributed by atoms with Crippen LogP contribution in [0.4, 0.5) is 0 Å². The largest absolute Gasteiger partial charge is 0.497 e. The minimum Gasteiger partial charge on any atom is -0.497 e. The minimum absolute atomic E-state index is 0.00717. The van der Waals surface area contributed by atoms with E-state index in [4.69, 9.17) is 18.6 Å². The van der Waals surface area contributed by atoms with Crippen LogP contribution in [0.3, 0.4) is 0 Å². The summed E-state index contributed by atoms with van der Waals surface area (Å²) < 4.78 is 23.9. The smallest absolute Gasteiger partial charge is 0.191 e. The van der Waals surface area contributed by atoms with Gasteiger partial charge in [0.2, 0.25) is 0 Å². The summed E-state index contributed by atoms with van der Waals surface area (Å²) in [6, 6.07) is 7.89. The van der Waals surface area contributed by atoms with Gasteiger partial charge in [-0.25, -0.2) is 0 Å². The van der Waals surface area contributed by atoms with Gasteiger partial charge in [-0.3, -0.25) is 4.79 Å². The van der Waals surface area contributed by atoms with Crippen molar-refractivity contribution >= 4 is 14.1 Å². The fourth-order valence-corrected chi connectivity index (χ4v) is 5.93. The van der Waals surface area contributed by atoms with Gasteiger partial charge in [0.15, 0.2) is 14.1 Å². The molecule has 2 aliphatic rings. The summed E-state index contributed by atoms with van der Waals surface area (Å²) in [6.07, 6.45) is 10.8. The number of benzene rings is 1. The molecule has 1 aromatic rings. The Morgan fingerprint density at radius 2 is 1.82 bits per heavy atom. The summed E-state index contributed by atoms with van der Waals surface area (Å²) in [4.78, 5) is 13.1. The second-order valence-corrected chi connectivity index (χ2v) is 17.6. The van der Waals surface area contributed by atoms with Crippen molar-refractivity contribution in [1.29, 1.82) is 0 Å². The Kier molecular flexibility index (Phi) is 12.5. The summed E-state index contributed by atoms with van der Waals surface area (Å²) in [5.41, 5.74) is 1.93. The molecule has 0 aromatic heterocycles. The van der Waals surface area contributed by atoms with Crippen LogP contribution >= 0.6 is 0 Å². The molecule has 222 valence electrons. The molecule has 40 heavy (non-hydrogen) atoms. The Morgan fingerprint density at radius 1 is 1.07 bits per heavy atom. The van der Waals surface area contributed by atoms with E-state index in [-0.39, 0.29) is 35.1 Å². The van der Waals surface area contributed by atoms with Crippen LogP contribution in [0.5, 0.6) is 5.75 Å². The fourth-order valence-electron chi connectivity index (χ4n) is 4.85. The van der Waals surface area contributed by atoms with E-state index in [0.717, 1.165) is 55.6 Å². The van der Waals surface area contributed by atoms with E-state index in [1.807, 2.05) is 24.3 Å². The Labute approximate surface area is 244 Å². The molecule has 1 aliphatic carbocycles. The molecule has 6 heteroatoms. The highest BCUT2D eigenvalue weighted by molar-refractivity contribution is 6.74. The molecule has 1 aliphatic heterocycles. The molecule has 5 nitrogen and oxygen atoms in total. The van der Waals surface area contributed by atoms with Crippen LogP contribution in [0.15, 0.2) is 35.9 Å². The summed E-state index contributed by atoms with van der Waals surface area (Å²) >= 11 is 0. The van der Waals surface area contributed by atoms with E-state index in [1.54, 1.807) is 7.11 Å². The maximum absolute atomic E-state index is 13.1. The van der Waals surface area contributed by atoms with Crippen molar-refractivity contribution in [3.63, 3.8) is 0 Å². The highest BCUT2D eigenvalue weighted by atomic mass is 28.4. The standard InChI is InChI=1S/C34H52O5Si/c1-8-9-10-11-12-13-16-28-29(30(35)24-32(28)37-25-26-18-20-27(36-5)21-19-26)23-33-31(39-33)17-14-15-22-38-40(6,7)34(2,3)4/h18-21,23,28,31-33H,8-11,14-17,22,24-25H2,1-7H3/b29-23+/t28-,31-,32-,33-/m1/s1. The van der Waals surface area contributed by atoms with Gasteiger partial charge in [0.25, 0.3) is 0 Å². The summed E-state index contributed by atoms with van der Waals surface area (Å²) in [5, 5.41) is 0.240. The normalized spacial score (nSPS) is 23.8. The monoisotopic (exact) mass is 568 g/mol. The number of ether oxygens (including phenoxy) is 3. The van der Waals surface area contributed by atoms with Crippen LogP contribution < -0.4 is 4.74 Å². The van der Waals surface area contributed by atoms with Crippen molar-refractivity contribution in [2.24, 2.45) is 5.92 Å². The molecule has 0 bridgehead atoms. The van der Waals surface area contributed by atoms with Gasteiger partial charge in [0.1, 0.15) is 11.9 Å². The van der Waals surface area contributed by atoms with Gasteiger partial charge < -0.3 is 18.6 Å². The molecule has 0 amide bonds. The maximum atomic E-state index is 13.1. The lowest BCUT2D eigenvalue weighted by atomic mass is 9.95. The third kappa shape index (κ3) is 9.87. The third-order valence-corrected chi connectivity index (χ3v) is 13.2. The van der Waals surface area contributed by atoms with Crippen LogP contribution in [0.2, 0.25) is 18.1 Å². The number of carbonyl (C=O) groups excluding carboxylic acids is 1. The van der Waals surface area contributed by atoms with Crippen molar-refractivity contribution in [1.82, 2.24) is 0 Å². The molecular weight excluding hydrogens is 516 g/mol. The van der Waals surface area contributed by atoms with E-state index in [1.165, 1.54) is 12.8 Å². The molecule has 0 spiro atoms. The SMILES string of the molecule is CCCCCC#CC[C@@H]1/C(=C\[C@H]2O[C@@H]2CCCCO[Si](C)(C)C(C)(C)C)C(=O)C[C@H]1OCc1ccc(OC)cc1. The summed E-state index contributed by atoms with van der Waals surface area (Å²) in [5.74, 6) is 7.68. The summed E-state index contributed by atoms with van der Waals surface area (Å²) in [7, 11) is -0.0246. The Hall–Kier alpha value is -1.91. The van der Waals surface area contributed by atoms with E-state index >= 15 is 0 Å². The summed E-state index contributed by atoms with van der Waals surface area (Å²) in [6.45, 7) is 14.9. The molecule has 1 saturated carbocycles. The van der Waals surface area contributed by atoms with Crippen LogP contribution in [0.25, 0.3) is 0 Å². The van der Waals surface area contributed by atoms with Crippen LogP contribution in [-0.2, 0) is 25.3 Å². The molecular formula is C34H52O5Si. The molecule has 0 radical (unpaired) electrons. The first-order chi connectivity index (χ1) is 19.1. The second-order valence-electron chi connectivity index (χ2n) is 12.8. The van der Waals surface area contributed by atoms with Gasteiger partial charge in [-0.15, -0.1) is 11.8 Å².